The normalized spacial score (nSPS) is 14.6. The molecule has 1 aromatic heterocycles. The number of carbonyl (C=O) groups is 2. The van der Waals surface area contributed by atoms with Crippen LogP contribution in [0.5, 0.6) is 0 Å². The minimum absolute atomic E-state index is 0.0452. The third-order valence-corrected chi connectivity index (χ3v) is 3.33. The number of rotatable bonds is 5. The second kappa shape index (κ2) is 4.65. The molecule has 16 heavy (non-hydrogen) atoms. The van der Waals surface area contributed by atoms with Crippen LogP contribution in [0.4, 0.5) is 5.69 Å². The summed E-state index contributed by atoms with van der Waals surface area (Å²) in [6, 6.07) is 2.19. The molecule has 0 bridgehead atoms. The first-order valence-corrected chi connectivity index (χ1v) is 6.11. The number of likely N-dealkylation sites (N-methyl/N-ethyl adjacent to an activating group) is 1. The van der Waals surface area contributed by atoms with Crippen molar-refractivity contribution in [2.24, 2.45) is 0 Å². The first-order valence-electron chi connectivity index (χ1n) is 5.23. The second-order valence-electron chi connectivity index (χ2n) is 4.02. The van der Waals surface area contributed by atoms with Crippen LogP contribution in [0.3, 0.4) is 0 Å². The quantitative estimate of drug-likeness (QED) is 0.786. The van der Waals surface area contributed by atoms with Gasteiger partial charge in [-0.15, -0.1) is 11.3 Å². The zero-order valence-electron chi connectivity index (χ0n) is 9.10. The number of nitrogens with zero attached hydrogens (tertiary/aromatic N) is 1. The van der Waals surface area contributed by atoms with E-state index in [4.69, 9.17) is 0 Å². The predicted molar refractivity (Wildman–Crippen MR) is 64.1 cm³/mol. The van der Waals surface area contributed by atoms with Crippen LogP contribution in [0.1, 0.15) is 22.5 Å². The Morgan fingerprint density at radius 1 is 1.69 bits per heavy atom. The van der Waals surface area contributed by atoms with Crippen molar-refractivity contribution >= 4 is 29.2 Å². The Labute approximate surface area is 98.3 Å². The monoisotopic (exact) mass is 238 g/mol. The van der Waals surface area contributed by atoms with Gasteiger partial charge in [0.1, 0.15) is 0 Å². The molecule has 1 fully saturated rings. The van der Waals surface area contributed by atoms with Gasteiger partial charge in [-0.3, -0.25) is 9.59 Å². The Morgan fingerprint density at radius 2 is 2.44 bits per heavy atom. The Kier molecular flexibility index (Phi) is 3.24. The fraction of sp³-hybridized carbons (Fsp3) is 0.455. The first kappa shape index (κ1) is 11.1. The molecule has 0 atom stereocenters. The van der Waals surface area contributed by atoms with Crippen LogP contribution in [0.2, 0.25) is 0 Å². The van der Waals surface area contributed by atoms with Crippen molar-refractivity contribution < 1.29 is 9.59 Å². The van der Waals surface area contributed by atoms with Gasteiger partial charge in [0, 0.05) is 24.2 Å². The number of hydrogen-bond acceptors (Lipinski definition) is 4. The molecular weight excluding hydrogens is 224 g/mol. The van der Waals surface area contributed by atoms with Crippen LogP contribution in [0.15, 0.2) is 11.4 Å². The molecule has 0 aliphatic heterocycles. The molecule has 1 saturated carbocycles. The third kappa shape index (κ3) is 2.82. The summed E-state index contributed by atoms with van der Waals surface area (Å²) in [4.78, 5) is 24.6. The molecule has 1 aliphatic carbocycles. The molecule has 0 spiro atoms. The van der Waals surface area contributed by atoms with Crippen LogP contribution >= 0.6 is 11.3 Å². The summed E-state index contributed by atoms with van der Waals surface area (Å²) < 4.78 is 0. The summed E-state index contributed by atoms with van der Waals surface area (Å²) in [6.07, 6.45) is 3.03. The predicted octanol–water partition coefficient (Wildman–Crippen LogP) is 1.28. The molecule has 5 heteroatoms. The smallest absolute Gasteiger partial charge is 0.239 e. The maximum atomic E-state index is 11.5. The average molecular weight is 238 g/mol. The molecule has 1 aromatic rings. The van der Waals surface area contributed by atoms with Gasteiger partial charge in [0.2, 0.25) is 5.91 Å². The third-order valence-electron chi connectivity index (χ3n) is 2.49. The fourth-order valence-electron chi connectivity index (χ4n) is 1.41. The van der Waals surface area contributed by atoms with E-state index in [9.17, 15) is 9.59 Å². The molecule has 0 radical (unpaired) electrons. The molecule has 0 unspecified atom stereocenters. The highest BCUT2D eigenvalue weighted by Gasteiger charge is 2.23. The molecule has 86 valence electrons. The lowest BCUT2D eigenvalue weighted by atomic mass is 10.4. The Morgan fingerprint density at radius 3 is 3.00 bits per heavy atom. The summed E-state index contributed by atoms with van der Waals surface area (Å²) in [6.45, 7) is 0.339. The number of anilines is 1. The van der Waals surface area contributed by atoms with E-state index in [2.05, 4.69) is 5.32 Å². The minimum Gasteiger partial charge on any atom is -0.365 e. The Hall–Kier alpha value is -1.36. The standard InChI is InChI=1S/C11H14N2O2S/c1-13(5-11(15)12-8-2-3-8)9-4-10(6-14)16-7-9/h4,6-8H,2-3,5H2,1H3,(H,12,15). The summed E-state index contributed by atoms with van der Waals surface area (Å²) in [7, 11) is 1.85. The van der Waals surface area contributed by atoms with Gasteiger partial charge in [-0.25, -0.2) is 0 Å². The Bertz CT molecular complexity index is 398. The molecule has 1 N–H and O–H groups in total. The van der Waals surface area contributed by atoms with Crippen LogP contribution in [-0.2, 0) is 4.79 Å². The number of carbonyl (C=O) groups excluding carboxylic acids is 2. The maximum Gasteiger partial charge on any atom is 0.239 e. The summed E-state index contributed by atoms with van der Waals surface area (Å²) >= 11 is 1.39. The van der Waals surface area contributed by atoms with E-state index in [0.717, 1.165) is 24.8 Å². The van der Waals surface area contributed by atoms with E-state index in [0.29, 0.717) is 17.5 Å². The molecule has 1 amide bonds. The van der Waals surface area contributed by atoms with E-state index in [1.165, 1.54) is 11.3 Å². The number of amides is 1. The molecule has 2 rings (SSSR count). The van der Waals surface area contributed by atoms with Crippen LogP contribution in [0.25, 0.3) is 0 Å². The van der Waals surface area contributed by atoms with Gasteiger partial charge >= 0.3 is 0 Å². The molecule has 0 aromatic carbocycles. The number of thiophene rings is 1. The SMILES string of the molecule is CN(CC(=O)NC1CC1)c1csc(C=O)c1. The van der Waals surface area contributed by atoms with E-state index < -0.39 is 0 Å². The number of nitrogens with one attached hydrogen (secondary N) is 1. The van der Waals surface area contributed by atoms with E-state index in [1.54, 1.807) is 6.07 Å². The van der Waals surface area contributed by atoms with Crippen molar-refractivity contribution in [3.05, 3.63) is 16.3 Å². The van der Waals surface area contributed by atoms with Gasteiger partial charge in [-0.2, -0.15) is 0 Å². The van der Waals surface area contributed by atoms with Crippen LogP contribution in [0, 0.1) is 0 Å². The molecule has 1 aliphatic rings. The number of aldehydes is 1. The number of hydrogen-bond donors (Lipinski definition) is 1. The molecule has 4 nitrogen and oxygen atoms in total. The molecule has 0 saturated heterocycles. The summed E-state index contributed by atoms with van der Waals surface area (Å²) in [5.41, 5.74) is 0.915. The zero-order valence-corrected chi connectivity index (χ0v) is 9.92. The van der Waals surface area contributed by atoms with Gasteiger partial charge in [-0.05, 0) is 18.9 Å². The average Bonchev–Trinajstić information content (AvgIpc) is 2.93. The zero-order chi connectivity index (χ0) is 11.5. The van der Waals surface area contributed by atoms with Crippen molar-refractivity contribution in [1.82, 2.24) is 5.32 Å². The lowest BCUT2D eigenvalue weighted by molar-refractivity contribution is -0.119. The van der Waals surface area contributed by atoms with Gasteiger partial charge in [0.15, 0.2) is 6.29 Å². The maximum absolute atomic E-state index is 11.5. The molecule has 1 heterocycles. The van der Waals surface area contributed by atoms with E-state index >= 15 is 0 Å². The van der Waals surface area contributed by atoms with Gasteiger partial charge < -0.3 is 10.2 Å². The lowest BCUT2D eigenvalue weighted by Gasteiger charge is -2.16. The van der Waals surface area contributed by atoms with Gasteiger partial charge in [-0.1, -0.05) is 0 Å². The molecular formula is C11H14N2O2S. The topological polar surface area (TPSA) is 49.4 Å². The largest absolute Gasteiger partial charge is 0.365 e. The highest BCUT2D eigenvalue weighted by Crippen LogP contribution is 2.21. The van der Waals surface area contributed by atoms with Crippen molar-refractivity contribution in [1.29, 1.82) is 0 Å². The van der Waals surface area contributed by atoms with Crippen molar-refractivity contribution in [2.75, 3.05) is 18.5 Å². The van der Waals surface area contributed by atoms with Crippen LogP contribution < -0.4 is 10.2 Å². The highest BCUT2D eigenvalue weighted by atomic mass is 32.1. The van der Waals surface area contributed by atoms with Gasteiger partial charge in [0.05, 0.1) is 11.4 Å². The first-order chi connectivity index (χ1) is 7.69. The summed E-state index contributed by atoms with van der Waals surface area (Å²) in [5.74, 6) is 0.0452. The Balaban J connectivity index is 1.88. The van der Waals surface area contributed by atoms with E-state index in [-0.39, 0.29) is 5.91 Å². The second-order valence-corrected chi connectivity index (χ2v) is 4.97. The van der Waals surface area contributed by atoms with Crippen LogP contribution in [-0.4, -0.2) is 31.8 Å². The van der Waals surface area contributed by atoms with Gasteiger partial charge in [0.25, 0.3) is 0 Å². The van der Waals surface area contributed by atoms with Crippen molar-refractivity contribution in [2.45, 2.75) is 18.9 Å². The minimum atomic E-state index is 0.0452. The van der Waals surface area contributed by atoms with Crippen molar-refractivity contribution in [3.8, 4) is 0 Å². The summed E-state index contributed by atoms with van der Waals surface area (Å²) in [5, 5.41) is 4.81. The lowest BCUT2D eigenvalue weighted by Crippen LogP contribution is -2.36. The van der Waals surface area contributed by atoms with Crippen molar-refractivity contribution in [3.63, 3.8) is 0 Å². The van der Waals surface area contributed by atoms with E-state index in [1.807, 2.05) is 17.3 Å². The highest BCUT2D eigenvalue weighted by molar-refractivity contribution is 7.12. The fourth-order valence-corrected chi connectivity index (χ4v) is 2.16.